The third kappa shape index (κ3) is 3.95. The number of carbonyl (C=O) groups excluding carboxylic acids is 1. The predicted octanol–water partition coefficient (Wildman–Crippen LogP) is 3.91. The number of nitrogens with one attached hydrogen (secondary N) is 1. The topological polar surface area (TPSA) is 62.5 Å². The van der Waals surface area contributed by atoms with Crippen LogP contribution in [0.1, 0.15) is 35.0 Å². The van der Waals surface area contributed by atoms with Crippen molar-refractivity contribution >= 4 is 33.8 Å². The Morgan fingerprint density at radius 2 is 2.03 bits per heavy atom. The van der Waals surface area contributed by atoms with Crippen molar-refractivity contribution < 1.29 is 4.79 Å². The molecule has 0 aliphatic carbocycles. The minimum atomic E-state index is 0.0570. The molecule has 0 saturated carbocycles. The first-order valence-electron chi connectivity index (χ1n) is 10.1. The number of benzene rings is 1. The lowest BCUT2D eigenvalue weighted by Crippen LogP contribution is -2.34. The van der Waals surface area contributed by atoms with Crippen LogP contribution in [0, 0.1) is 13.8 Å². The van der Waals surface area contributed by atoms with E-state index in [2.05, 4.69) is 34.0 Å². The van der Waals surface area contributed by atoms with Gasteiger partial charge in [-0.1, -0.05) is 12.1 Å². The Morgan fingerprint density at radius 3 is 2.77 bits per heavy atom. The number of thiophene rings is 1. The zero-order valence-electron chi connectivity index (χ0n) is 17.8. The zero-order valence-corrected chi connectivity index (χ0v) is 18.7. The predicted molar refractivity (Wildman–Crippen MR) is 122 cm³/mol. The fraction of sp³-hybridized carbons (Fsp3) is 0.348. The molecule has 4 aromatic rings. The van der Waals surface area contributed by atoms with Gasteiger partial charge in [0.05, 0.1) is 11.6 Å². The van der Waals surface area contributed by atoms with E-state index in [-0.39, 0.29) is 11.9 Å². The summed E-state index contributed by atoms with van der Waals surface area (Å²) in [5.74, 6) is 0.0570. The van der Waals surface area contributed by atoms with Gasteiger partial charge in [-0.15, -0.1) is 0 Å². The third-order valence-corrected chi connectivity index (χ3v) is 6.37. The van der Waals surface area contributed by atoms with Gasteiger partial charge in [0.1, 0.15) is 0 Å². The number of aromatic nitrogens is 3. The fourth-order valence-corrected chi connectivity index (χ4v) is 4.65. The van der Waals surface area contributed by atoms with Crippen LogP contribution in [0.3, 0.4) is 0 Å². The number of amides is 1. The molecular weight excluding hydrogens is 394 g/mol. The summed E-state index contributed by atoms with van der Waals surface area (Å²) in [6, 6.07) is 10.3. The SMILES string of the molecule is Cc1nc2c3ccccc3nn2c(C)c1CCC(=O)NC[C@H](c1ccsc1)N(C)C. The first kappa shape index (κ1) is 20.5. The van der Waals surface area contributed by atoms with Crippen LogP contribution in [0.15, 0.2) is 41.1 Å². The second kappa shape index (κ2) is 8.53. The van der Waals surface area contributed by atoms with Crippen LogP contribution in [0.4, 0.5) is 0 Å². The van der Waals surface area contributed by atoms with Gasteiger partial charge >= 0.3 is 0 Å². The summed E-state index contributed by atoms with van der Waals surface area (Å²) in [6.45, 7) is 4.67. The average molecular weight is 422 g/mol. The Kier molecular flexibility index (Phi) is 5.83. The summed E-state index contributed by atoms with van der Waals surface area (Å²) in [5, 5.41) is 13.1. The molecule has 0 radical (unpaired) electrons. The van der Waals surface area contributed by atoms with Gasteiger partial charge in [-0.2, -0.15) is 16.4 Å². The summed E-state index contributed by atoms with van der Waals surface area (Å²) < 4.78 is 1.91. The second-order valence-electron chi connectivity index (χ2n) is 7.85. The molecular formula is C23H27N5OS. The molecule has 3 heterocycles. The van der Waals surface area contributed by atoms with Crippen LogP contribution in [0.5, 0.6) is 0 Å². The molecule has 1 atom stereocenters. The van der Waals surface area contributed by atoms with Crippen LogP contribution >= 0.6 is 11.3 Å². The Labute approximate surface area is 180 Å². The first-order chi connectivity index (χ1) is 14.5. The average Bonchev–Trinajstić information content (AvgIpc) is 3.36. The van der Waals surface area contributed by atoms with E-state index in [1.54, 1.807) is 11.3 Å². The lowest BCUT2D eigenvalue weighted by atomic mass is 10.1. The van der Waals surface area contributed by atoms with Gasteiger partial charge in [0, 0.05) is 29.7 Å². The van der Waals surface area contributed by atoms with E-state index < -0.39 is 0 Å². The largest absolute Gasteiger partial charge is 0.354 e. The number of carbonyl (C=O) groups is 1. The maximum Gasteiger partial charge on any atom is 0.220 e. The van der Waals surface area contributed by atoms with Crippen LogP contribution in [0.25, 0.3) is 16.6 Å². The molecule has 0 aliphatic rings. The van der Waals surface area contributed by atoms with Gasteiger partial charge in [-0.3, -0.25) is 4.79 Å². The number of aryl methyl sites for hydroxylation is 2. The summed E-state index contributed by atoms with van der Waals surface area (Å²) in [4.78, 5) is 19.5. The molecule has 3 aromatic heterocycles. The third-order valence-electron chi connectivity index (χ3n) is 5.66. The van der Waals surface area contributed by atoms with Crippen LogP contribution in [0.2, 0.25) is 0 Å². The smallest absolute Gasteiger partial charge is 0.220 e. The molecule has 0 spiro atoms. The second-order valence-corrected chi connectivity index (χ2v) is 8.63. The molecule has 1 N–H and O–H groups in total. The Morgan fingerprint density at radius 1 is 1.23 bits per heavy atom. The van der Waals surface area contributed by atoms with E-state index in [1.165, 1.54) is 5.56 Å². The Balaban J connectivity index is 1.46. The highest BCUT2D eigenvalue weighted by molar-refractivity contribution is 7.07. The molecule has 0 fully saturated rings. The lowest BCUT2D eigenvalue weighted by molar-refractivity contribution is -0.121. The van der Waals surface area contributed by atoms with Crippen LogP contribution in [-0.4, -0.2) is 46.0 Å². The molecule has 0 unspecified atom stereocenters. The Hall–Kier alpha value is -2.77. The molecule has 1 amide bonds. The van der Waals surface area contributed by atoms with Crippen molar-refractivity contribution in [1.82, 2.24) is 24.8 Å². The highest BCUT2D eigenvalue weighted by Gasteiger charge is 2.17. The maximum absolute atomic E-state index is 12.6. The van der Waals surface area contributed by atoms with E-state index in [4.69, 9.17) is 10.1 Å². The van der Waals surface area contributed by atoms with Crippen LogP contribution < -0.4 is 5.32 Å². The lowest BCUT2D eigenvalue weighted by Gasteiger charge is -2.24. The summed E-state index contributed by atoms with van der Waals surface area (Å²) >= 11 is 1.68. The van der Waals surface area contributed by atoms with Crippen molar-refractivity contribution in [2.75, 3.05) is 20.6 Å². The number of rotatable bonds is 7. The minimum absolute atomic E-state index is 0.0570. The molecule has 1 aromatic carbocycles. The van der Waals surface area contributed by atoms with E-state index in [0.717, 1.165) is 33.5 Å². The number of hydrogen-bond donors (Lipinski definition) is 1. The molecule has 0 aliphatic heterocycles. The molecule has 6 nitrogen and oxygen atoms in total. The van der Waals surface area contributed by atoms with E-state index in [9.17, 15) is 4.79 Å². The number of fused-ring (bicyclic) bond motifs is 3. The quantitative estimate of drug-likeness (QED) is 0.491. The highest BCUT2D eigenvalue weighted by atomic mass is 32.1. The number of likely N-dealkylation sites (N-methyl/N-ethyl adjacent to an activating group) is 1. The first-order valence-corrected chi connectivity index (χ1v) is 11.1. The van der Waals surface area contributed by atoms with Gasteiger partial charge in [-0.25, -0.2) is 9.50 Å². The Bertz CT molecular complexity index is 1180. The van der Waals surface area contributed by atoms with E-state index >= 15 is 0 Å². The van der Waals surface area contributed by atoms with Gasteiger partial charge in [0.15, 0.2) is 5.65 Å². The maximum atomic E-state index is 12.6. The van der Waals surface area contributed by atoms with Crippen molar-refractivity contribution in [3.05, 3.63) is 63.6 Å². The normalized spacial score (nSPS) is 12.7. The van der Waals surface area contributed by atoms with Gasteiger partial charge in [0.25, 0.3) is 0 Å². The van der Waals surface area contributed by atoms with Crippen molar-refractivity contribution in [3.63, 3.8) is 0 Å². The summed E-state index contributed by atoms with van der Waals surface area (Å²) in [6.07, 6.45) is 1.08. The van der Waals surface area contributed by atoms with Crippen molar-refractivity contribution in [2.24, 2.45) is 0 Å². The summed E-state index contributed by atoms with van der Waals surface area (Å²) in [5.41, 5.74) is 6.14. The number of nitrogens with zero attached hydrogens (tertiary/aromatic N) is 4. The molecule has 7 heteroatoms. The fourth-order valence-electron chi connectivity index (χ4n) is 3.94. The van der Waals surface area contributed by atoms with E-state index in [1.807, 2.05) is 49.8 Å². The molecule has 156 valence electrons. The number of hydrogen-bond acceptors (Lipinski definition) is 5. The van der Waals surface area contributed by atoms with Crippen molar-refractivity contribution in [2.45, 2.75) is 32.7 Å². The van der Waals surface area contributed by atoms with E-state index in [0.29, 0.717) is 19.4 Å². The zero-order chi connectivity index (χ0) is 21.3. The monoisotopic (exact) mass is 421 g/mol. The molecule has 4 rings (SSSR count). The van der Waals surface area contributed by atoms with Crippen molar-refractivity contribution in [3.8, 4) is 0 Å². The highest BCUT2D eigenvalue weighted by Crippen LogP contribution is 2.23. The molecule has 30 heavy (non-hydrogen) atoms. The van der Waals surface area contributed by atoms with Crippen LogP contribution in [-0.2, 0) is 11.2 Å². The van der Waals surface area contributed by atoms with Gasteiger partial charge in [0.2, 0.25) is 5.91 Å². The van der Waals surface area contributed by atoms with Gasteiger partial charge in [-0.05, 0) is 74.4 Å². The molecule has 0 saturated heterocycles. The summed E-state index contributed by atoms with van der Waals surface area (Å²) in [7, 11) is 4.08. The molecule has 0 bridgehead atoms. The minimum Gasteiger partial charge on any atom is -0.354 e. The standard InChI is InChI=1S/C23H27N5OS/c1-15-18(16(2)28-23(25-15)19-7-5-6-8-20(19)26-28)9-10-22(29)24-13-21(27(3)4)17-11-12-30-14-17/h5-8,11-12,14,21H,9-10,13H2,1-4H3,(H,24,29)/t21-/m1/s1. The van der Waals surface area contributed by atoms with Gasteiger partial charge < -0.3 is 10.2 Å². The van der Waals surface area contributed by atoms with Crippen molar-refractivity contribution in [1.29, 1.82) is 0 Å².